The summed E-state index contributed by atoms with van der Waals surface area (Å²) < 4.78 is 0. The summed E-state index contributed by atoms with van der Waals surface area (Å²) in [5.74, 6) is 0.610. The van der Waals surface area contributed by atoms with E-state index in [1.165, 1.54) is 32.2 Å². The van der Waals surface area contributed by atoms with E-state index in [9.17, 15) is 4.79 Å². The number of carbonyl (C=O) groups excluding carboxylic acids is 1. The molecular formula is C13H26N4O. The average Bonchev–Trinajstić information content (AvgIpc) is 2.87. The zero-order valence-corrected chi connectivity index (χ0v) is 11.4. The molecule has 104 valence electrons. The Hall–Kier alpha value is -0.810. The van der Waals surface area contributed by atoms with Gasteiger partial charge in [-0.15, -0.1) is 0 Å². The number of urea groups is 1. The molecule has 2 atom stereocenters. The van der Waals surface area contributed by atoms with E-state index in [-0.39, 0.29) is 6.03 Å². The summed E-state index contributed by atoms with van der Waals surface area (Å²) in [5, 5.41) is 9.32. The van der Waals surface area contributed by atoms with Crippen molar-refractivity contribution in [3.8, 4) is 0 Å². The summed E-state index contributed by atoms with van der Waals surface area (Å²) in [6.45, 7) is 4.92. The molecule has 2 amide bonds. The molecule has 0 aromatic rings. The first kappa shape index (κ1) is 13.6. The molecule has 0 radical (unpaired) electrons. The van der Waals surface area contributed by atoms with Gasteiger partial charge in [0.15, 0.2) is 0 Å². The Morgan fingerprint density at radius 1 is 1.28 bits per heavy atom. The molecule has 0 aromatic carbocycles. The van der Waals surface area contributed by atoms with Gasteiger partial charge in [0, 0.05) is 25.7 Å². The SMILES string of the molecule is CN1CCCC(CNC(=O)NCC2CCCN2)C1. The summed E-state index contributed by atoms with van der Waals surface area (Å²) in [4.78, 5) is 14.0. The van der Waals surface area contributed by atoms with Gasteiger partial charge in [0.05, 0.1) is 0 Å². The number of carbonyl (C=O) groups is 1. The smallest absolute Gasteiger partial charge is 0.314 e. The number of rotatable bonds is 4. The fourth-order valence-electron chi connectivity index (χ4n) is 2.89. The van der Waals surface area contributed by atoms with Gasteiger partial charge < -0.3 is 20.9 Å². The van der Waals surface area contributed by atoms with Crippen LogP contribution < -0.4 is 16.0 Å². The normalized spacial score (nSPS) is 29.2. The van der Waals surface area contributed by atoms with Gasteiger partial charge >= 0.3 is 6.03 Å². The van der Waals surface area contributed by atoms with Crippen molar-refractivity contribution in [2.75, 3.05) is 39.8 Å². The lowest BCUT2D eigenvalue weighted by Gasteiger charge is -2.29. The van der Waals surface area contributed by atoms with Crippen LogP contribution in [0.15, 0.2) is 0 Å². The monoisotopic (exact) mass is 254 g/mol. The molecule has 5 heteroatoms. The van der Waals surface area contributed by atoms with E-state index in [0.29, 0.717) is 12.0 Å². The molecule has 2 heterocycles. The van der Waals surface area contributed by atoms with E-state index < -0.39 is 0 Å². The molecule has 0 spiro atoms. The van der Waals surface area contributed by atoms with Crippen LogP contribution in [0.5, 0.6) is 0 Å². The summed E-state index contributed by atoms with van der Waals surface area (Å²) in [5.41, 5.74) is 0. The molecule has 2 aliphatic heterocycles. The zero-order valence-electron chi connectivity index (χ0n) is 11.4. The highest BCUT2D eigenvalue weighted by molar-refractivity contribution is 5.73. The fraction of sp³-hybridized carbons (Fsp3) is 0.923. The molecule has 5 nitrogen and oxygen atoms in total. The van der Waals surface area contributed by atoms with Crippen molar-refractivity contribution in [1.82, 2.24) is 20.9 Å². The number of likely N-dealkylation sites (tertiary alicyclic amines) is 1. The molecule has 0 aromatic heterocycles. The van der Waals surface area contributed by atoms with Gasteiger partial charge in [-0.1, -0.05) is 0 Å². The molecule has 2 fully saturated rings. The Balaban J connectivity index is 1.56. The second kappa shape index (κ2) is 6.95. The largest absolute Gasteiger partial charge is 0.338 e. The van der Waals surface area contributed by atoms with E-state index in [2.05, 4.69) is 27.9 Å². The van der Waals surface area contributed by atoms with Gasteiger partial charge in [-0.2, -0.15) is 0 Å². The summed E-state index contributed by atoms with van der Waals surface area (Å²) >= 11 is 0. The fourth-order valence-corrected chi connectivity index (χ4v) is 2.89. The Labute approximate surface area is 110 Å². The molecule has 0 bridgehead atoms. The summed E-state index contributed by atoms with van der Waals surface area (Å²) in [6, 6.07) is 0.452. The predicted octanol–water partition coefficient (Wildman–Crippen LogP) is 0.379. The number of nitrogens with one attached hydrogen (secondary N) is 3. The predicted molar refractivity (Wildman–Crippen MR) is 72.6 cm³/mol. The van der Waals surface area contributed by atoms with E-state index in [1.54, 1.807) is 0 Å². The standard InChI is InChI=1S/C13H26N4O/c1-17-7-3-4-11(10-17)8-15-13(18)16-9-12-5-2-6-14-12/h11-12,14H,2-10H2,1H3,(H2,15,16,18). The van der Waals surface area contributed by atoms with E-state index in [0.717, 1.165) is 26.2 Å². The highest BCUT2D eigenvalue weighted by atomic mass is 16.2. The van der Waals surface area contributed by atoms with Crippen molar-refractivity contribution in [3.05, 3.63) is 0 Å². The Morgan fingerprint density at radius 3 is 2.83 bits per heavy atom. The van der Waals surface area contributed by atoms with Gasteiger partial charge in [0.25, 0.3) is 0 Å². The molecule has 2 aliphatic rings. The van der Waals surface area contributed by atoms with Crippen LogP contribution in [0.3, 0.4) is 0 Å². The minimum atomic E-state index is -0.0167. The third kappa shape index (κ3) is 4.46. The van der Waals surface area contributed by atoms with Gasteiger partial charge in [-0.25, -0.2) is 4.79 Å². The molecular weight excluding hydrogens is 228 g/mol. The van der Waals surface area contributed by atoms with Crippen LogP contribution in [-0.2, 0) is 0 Å². The number of amides is 2. The topological polar surface area (TPSA) is 56.4 Å². The quantitative estimate of drug-likeness (QED) is 0.680. The van der Waals surface area contributed by atoms with Gasteiger partial charge in [0.1, 0.15) is 0 Å². The highest BCUT2D eigenvalue weighted by Crippen LogP contribution is 2.13. The number of hydrogen-bond acceptors (Lipinski definition) is 3. The van der Waals surface area contributed by atoms with Crippen LogP contribution >= 0.6 is 0 Å². The molecule has 3 N–H and O–H groups in total. The Bertz CT molecular complexity index is 266. The van der Waals surface area contributed by atoms with Crippen LogP contribution in [0.1, 0.15) is 25.7 Å². The van der Waals surface area contributed by atoms with Gasteiger partial charge in [0.2, 0.25) is 0 Å². The lowest BCUT2D eigenvalue weighted by atomic mass is 9.99. The third-order valence-electron chi connectivity index (χ3n) is 3.94. The van der Waals surface area contributed by atoms with E-state index in [1.807, 2.05) is 0 Å². The minimum absolute atomic E-state index is 0.0167. The molecule has 2 rings (SSSR count). The van der Waals surface area contributed by atoms with Crippen LogP contribution in [0.25, 0.3) is 0 Å². The van der Waals surface area contributed by atoms with Crippen LogP contribution in [0, 0.1) is 5.92 Å². The van der Waals surface area contributed by atoms with Crippen LogP contribution in [0.4, 0.5) is 4.79 Å². The first-order valence-corrected chi connectivity index (χ1v) is 7.17. The molecule has 0 aliphatic carbocycles. The molecule has 0 saturated carbocycles. The maximum atomic E-state index is 11.7. The lowest BCUT2D eigenvalue weighted by molar-refractivity contribution is 0.201. The van der Waals surface area contributed by atoms with Crippen molar-refractivity contribution >= 4 is 6.03 Å². The molecule has 18 heavy (non-hydrogen) atoms. The van der Waals surface area contributed by atoms with Crippen molar-refractivity contribution in [3.63, 3.8) is 0 Å². The number of piperidine rings is 1. The van der Waals surface area contributed by atoms with Crippen LogP contribution in [0.2, 0.25) is 0 Å². The second-order valence-electron chi connectivity index (χ2n) is 5.65. The third-order valence-corrected chi connectivity index (χ3v) is 3.94. The molecule has 2 unspecified atom stereocenters. The van der Waals surface area contributed by atoms with E-state index >= 15 is 0 Å². The molecule has 2 saturated heterocycles. The summed E-state index contributed by atoms with van der Waals surface area (Å²) in [7, 11) is 2.15. The summed E-state index contributed by atoms with van der Waals surface area (Å²) in [6.07, 6.45) is 4.88. The van der Waals surface area contributed by atoms with E-state index in [4.69, 9.17) is 0 Å². The average molecular weight is 254 g/mol. The first-order chi connectivity index (χ1) is 8.74. The zero-order chi connectivity index (χ0) is 12.8. The number of nitrogens with zero attached hydrogens (tertiary/aromatic N) is 1. The van der Waals surface area contributed by atoms with Crippen molar-refractivity contribution in [2.24, 2.45) is 5.92 Å². The second-order valence-corrected chi connectivity index (χ2v) is 5.65. The first-order valence-electron chi connectivity index (χ1n) is 7.17. The van der Waals surface area contributed by atoms with Crippen molar-refractivity contribution in [2.45, 2.75) is 31.7 Å². The van der Waals surface area contributed by atoms with Crippen molar-refractivity contribution < 1.29 is 4.79 Å². The number of hydrogen-bond donors (Lipinski definition) is 3. The van der Waals surface area contributed by atoms with Crippen LogP contribution in [-0.4, -0.2) is 56.7 Å². The Morgan fingerprint density at radius 2 is 2.11 bits per heavy atom. The van der Waals surface area contributed by atoms with Gasteiger partial charge in [-0.3, -0.25) is 0 Å². The maximum absolute atomic E-state index is 11.7. The maximum Gasteiger partial charge on any atom is 0.314 e. The highest BCUT2D eigenvalue weighted by Gasteiger charge is 2.18. The lowest BCUT2D eigenvalue weighted by Crippen LogP contribution is -2.45. The minimum Gasteiger partial charge on any atom is -0.338 e. The Kier molecular flexibility index (Phi) is 5.26. The van der Waals surface area contributed by atoms with Crippen molar-refractivity contribution in [1.29, 1.82) is 0 Å². The van der Waals surface area contributed by atoms with Gasteiger partial charge in [-0.05, 0) is 51.7 Å².